The summed E-state index contributed by atoms with van der Waals surface area (Å²) >= 11 is 1.35. The molecule has 2 heterocycles. The molecule has 1 aliphatic carbocycles. The van der Waals surface area contributed by atoms with Crippen molar-refractivity contribution in [1.29, 1.82) is 0 Å². The van der Waals surface area contributed by atoms with Gasteiger partial charge in [0.05, 0.1) is 22.1 Å². The second-order valence-electron chi connectivity index (χ2n) is 8.13. The lowest BCUT2D eigenvalue weighted by atomic mass is 9.80. The summed E-state index contributed by atoms with van der Waals surface area (Å²) in [7, 11) is 0. The maximum atomic E-state index is 13.1. The normalized spacial score (nSPS) is 16.0. The van der Waals surface area contributed by atoms with Crippen LogP contribution >= 0.6 is 11.8 Å². The molecule has 0 saturated heterocycles. The molecule has 0 aliphatic heterocycles. The standard InChI is InChI=1S/C22H24FN3O3S/c1-14-24-13-18(28-14)22(10-4-5-11-22)17-12-19(29-26-17)25-20(27)21(2,3)30-16-8-6-15(23)7-9-16/h6-9,12-13H,4-5,10-11H2,1-3H3,(H,25,27). The highest BCUT2D eigenvalue weighted by molar-refractivity contribution is 8.01. The van der Waals surface area contributed by atoms with E-state index >= 15 is 0 Å². The number of aromatic nitrogens is 2. The van der Waals surface area contributed by atoms with E-state index in [1.807, 2.05) is 20.8 Å². The molecule has 3 aromatic rings. The van der Waals surface area contributed by atoms with Gasteiger partial charge in [-0.2, -0.15) is 0 Å². The maximum Gasteiger partial charge on any atom is 0.242 e. The number of hydrogen-bond acceptors (Lipinski definition) is 6. The van der Waals surface area contributed by atoms with Crippen molar-refractivity contribution in [1.82, 2.24) is 10.1 Å². The molecule has 6 nitrogen and oxygen atoms in total. The minimum atomic E-state index is -0.794. The number of carbonyl (C=O) groups excluding carboxylic acids is 1. The van der Waals surface area contributed by atoms with Gasteiger partial charge in [0.25, 0.3) is 0 Å². The molecule has 1 amide bonds. The van der Waals surface area contributed by atoms with E-state index in [0.29, 0.717) is 11.8 Å². The van der Waals surface area contributed by atoms with Crippen molar-refractivity contribution in [3.8, 4) is 0 Å². The largest absolute Gasteiger partial charge is 0.445 e. The molecule has 0 bridgehead atoms. The lowest BCUT2D eigenvalue weighted by molar-refractivity contribution is -0.117. The number of halogens is 1. The van der Waals surface area contributed by atoms with Crippen LogP contribution in [0.25, 0.3) is 0 Å². The van der Waals surface area contributed by atoms with Crippen molar-refractivity contribution in [2.75, 3.05) is 5.32 Å². The number of thioether (sulfide) groups is 1. The summed E-state index contributed by atoms with van der Waals surface area (Å²) in [5.41, 5.74) is 0.377. The Hall–Kier alpha value is -2.61. The number of carbonyl (C=O) groups is 1. The van der Waals surface area contributed by atoms with Gasteiger partial charge in [0.15, 0.2) is 5.89 Å². The molecule has 2 aromatic heterocycles. The molecule has 1 aromatic carbocycles. The van der Waals surface area contributed by atoms with E-state index in [-0.39, 0.29) is 17.1 Å². The Bertz CT molecular complexity index is 1040. The van der Waals surface area contributed by atoms with Crippen LogP contribution in [0.4, 0.5) is 10.3 Å². The fourth-order valence-corrected chi connectivity index (χ4v) is 4.86. The van der Waals surface area contributed by atoms with E-state index < -0.39 is 4.75 Å². The average Bonchev–Trinajstić information content (AvgIpc) is 3.44. The average molecular weight is 430 g/mol. The van der Waals surface area contributed by atoms with Crippen molar-refractivity contribution < 1.29 is 18.1 Å². The quantitative estimate of drug-likeness (QED) is 0.523. The Morgan fingerprint density at radius 2 is 1.93 bits per heavy atom. The van der Waals surface area contributed by atoms with Crippen molar-refractivity contribution in [2.24, 2.45) is 0 Å². The highest BCUT2D eigenvalue weighted by atomic mass is 32.2. The van der Waals surface area contributed by atoms with Crippen LogP contribution < -0.4 is 5.32 Å². The first kappa shape index (κ1) is 20.7. The van der Waals surface area contributed by atoms with Gasteiger partial charge in [0.1, 0.15) is 11.6 Å². The number of anilines is 1. The van der Waals surface area contributed by atoms with Crippen LogP contribution in [0.2, 0.25) is 0 Å². The van der Waals surface area contributed by atoms with Crippen molar-refractivity contribution in [3.63, 3.8) is 0 Å². The molecule has 1 N–H and O–H groups in total. The van der Waals surface area contributed by atoms with Gasteiger partial charge >= 0.3 is 0 Å². The number of rotatable bonds is 6. The third kappa shape index (κ3) is 4.01. The van der Waals surface area contributed by atoms with Gasteiger partial charge in [-0.3, -0.25) is 10.1 Å². The fourth-order valence-electron chi connectivity index (χ4n) is 3.86. The molecule has 0 atom stereocenters. The Kier molecular flexibility index (Phi) is 5.44. The predicted octanol–water partition coefficient (Wildman–Crippen LogP) is 5.48. The van der Waals surface area contributed by atoms with Crippen LogP contribution in [0, 0.1) is 12.7 Å². The molecule has 8 heteroatoms. The molecule has 1 aliphatic rings. The van der Waals surface area contributed by atoms with E-state index in [9.17, 15) is 9.18 Å². The van der Waals surface area contributed by atoms with Crippen molar-refractivity contribution in [3.05, 3.63) is 59.7 Å². The second kappa shape index (κ2) is 7.91. The highest BCUT2D eigenvalue weighted by Gasteiger charge is 2.43. The minimum Gasteiger partial charge on any atom is -0.445 e. The topological polar surface area (TPSA) is 81.2 Å². The van der Waals surface area contributed by atoms with E-state index in [0.717, 1.165) is 42.0 Å². The summed E-state index contributed by atoms with van der Waals surface area (Å²) in [6, 6.07) is 7.85. The first-order valence-electron chi connectivity index (χ1n) is 9.95. The van der Waals surface area contributed by atoms with E-state index in [1.165, 1.54) is 23.9 Å². The van der Waals surface area contributed by atoms with Crippen LogP contribution in [0.5, 0.6) is 0 Å². The summed E-state index contributed by atoms with van der Waals surface area (Å²) in [5, 5.41) is 7.08. The third-order valence-electron chi connectivity index (χ3n) is 5.52. The molecule has 1 fully saturated rings. The van der Waals surface area contributed by atoms with E-state index in [4.69, 9.17) is 8.94 Å². The highest BCUT2D eigenvalue weighted by Crippen LogP contribution is 2.46. The SMILES string of the molecule is Cc1ncc(C2(c3cc(NC(=O)C(C)(C)Sc4ccc(F)cc4)on3)CCCC2)o1. The van der Waals surface area contributed by atoms with Gasteiger partial charge in [0, 0.05) is 17.9 Å². The zero-order valence-corrected chi connectivity index (χ0v) is 18.0. The van der Waals surface area contributed by atoms with Crippen LogP contribution in [0.3, 0.4) is 0 Å². The third-order valence-corrected chi connectivity index (χ3v) is 6.72. The van der Waals surface area contributed by atoms with Crippen LogP contribution in [-0.2, 0) is 10.2 Å². The number of nitrogens with zero attached hydrogens (tertiary/aromatic N) is 2. The number of benzene rings is 1. The predicted molar refractivity (Wildman–Crippen MR) is 112 cm³/mol. The Morgan fingerprint density at radius 3 is 2.57 bits per heavy atom. The Labute approximate surface area is 178 Å². The lowest BCUT2D eigenvalue weighted by Gasteiger charge is -2.23. The molecular formula is C22H24FN3O3S. The first-order chi connectivity index (χ1) is 14.3. The molecular weight excluding hydrogens is 405 g/mol. The van der Waals surface area contributed by atoms with Crippen LogP contribution in [0.15, 0.2) is 50.4 Å². The zero-order chi connectivity index (χ0) is 21.4. The van der Waals surface area contributed by atoms with Gasteiger partial charge in [-0.1, -0.05) is 18.0 Å². The first-order valence-corrected chi connectivity index (χ1v) is 10.8. The van der Waals surface area contributed by atoms with Gasteiger partial charge in [0.2, 0.25) is 11.8 Å². The van der Waals surface area contributed by atoms with Crippen LogP contribution in [0.1, 0.15) is 56.9 Å². The van der Waals surface area contributed by atoms with Crippen molar-refractivity contribution >= 4 is 23.6 Å². The maximum absolute atomic E-state index is 13.1. The molecule has 4 rings (SSSR count). The molecule has 0 radical (unpaired) electrons. The fraction of sp³-hybridized carbons (Fsp3) is 0.409. The Balaban J connectivity index is 1.51. The Morgan fingerprint density at radius 1 is 1.23 bits per heavy atom. The number of oxazole rings is 1. The smallest absolute Gasteiger partial charge is 0.242 e. The summed E-state index contributed by atoms with van der Waals surface area (Å²) in [6.07, 6.45) is 5.68. The number of aryl methyl sites for hydroxylation is 1. The zero-order valence-electron chi connectivity index (χ0n) is 17.2. The summed E-state index contributed by atoms with van der Waals surface area (Å²) < 4.78 is 23.6. The summed E-state index contributed by atoms with van der Waals surface area (Å²) in [6.45, 7) is 5.44. The van der Waals surface area contributed by atoms with Gasteiger partial charge in [-0.25, -0.2) is 9.37 Å². The van der Waals surface area contributed by atoms with E-state index in [1.54, 1.807) is 24.4 Å². The molecule has 158 valence electrons. The summed E-state index contributed by atoms with van der Waals surface area (Å²) in [5.74, 6) is 1.17. The van der Waals surface area contributed by atoms with Gasteiger partial charge in [-0.15, -0.1) is 11.8 Å². The molecule has 0 spiro atoms. The van der Waals surface area contributed by atoms with Crippen LogP contribution in [-0.4, -0.2) is 20.8 Å². The number of nitrogens with one attached hydrogen (secondary N) is 1. The molecule has 30 heavy (non-hydrogen) atoms. The molecule has 0 unspecified atom stereocenters. The van der Waals surface area contributed by atoms with Gasteiger partial charge in [-0.05, 0) is 51.0 Å². The van der Waals surface area contributed by atoms with Crippen molar-refractivity contribution in [2.45, 2.75) is 61.5 Å². The number of amides is 1. The van der Waals surface area contributed by atoms with Gasteiger partial charge < -0.3 is 8.94 Å². The molecule has 1 saturated carbocycles. The number of hydrogen-bond donors (Lipinski definition) is 1. The lowest BCUT2D eigenvalue weighted by Crippen LogP contribution is -2.33. The van der Waals surface area contributed by atoms with E-state index in [2.05, 4.69) is 15.5 Å². The minimum absolute atomic E-state index is 0.226. The summed E-state index contributed by atoms with van der Waals surface area (Å²) in [4.78, 5) is 17.9. The second-order valence-corrected chi connectivity index (χ2v) is 9.83. The monoisotopic (exact) mass is 429 g/mol.